The van der Waals surface area contributed by atoms with E-state index >= 15 is 0 Å². The van der Waals surface area contributed by atoms with Crippen LogP contribution in [0.15, 0.2) is 42.6 Å². The summed E-state index contributed by atoms with van der Waals surface area (Å²) >= 11 is 1.14. The van der Waals surface area contributed by atoms with Gasteiger partial charge in [-0.05, 0) is 43.3 Å². The molecule has 3 rings (SSSR count). The van der Waals surface area contributed by atoms with Crippen LogP contribution in [0.3, 0.4) is 0 Å². The predicted octanol–water partition coefficient (Wildman–Crippen LogP) is 3.17. The zero-order valence-electron chi connectivity index (χ0n) is 12.6. The van der Waals surface area contributed by atoms with Crippen molar-refractivity contribution in [2.75, 3.05) is 12.4 Å². The average molecular weight is 326 g/mol. The van der Waals surface area contributed by atoms with Crippen molar-refractivity contribution in [1.29, 1.82) is 0 Å². The Bertz CT molecular complexity index is 813. The van der Waals surface area contributed by atoms with E-state index < -0.39 is 0 Å². The molecule has 0 aliphatic rings. The first-order chi connectivity index (χ1) is 11.2. The van der Waals surface area contributed by atoms with Gasteiger partial charge in [-0.1, -0.05) is 0 Å². The molecule has 0 bridgehead atoms. The van der Waals surface area contributed by atoms with E-state index in [9.17, 15) is 4.79 Å². The second kappa shape index (κ2) is 6.53. The number of ether oxygens (including phenoxy) is 1. The summed E-state index contributed by atoms with van der Waals surface area (Å²) in [7, 11) is 1.61. The second-order valence-electron chi connectivity index (χ2n) is 4.79. The number of anilines is 1. The van der Waals surface area contributed by atoms with Crippen LogP contribution in [0.25, 0.3) is 11.4 Å². The van der Waals surface area contributed by atoms with Crippen LogP contribution in [0.1, 0.15) is 16.1 Å². The van der Waals surface area contributed by atoms with Crippen molar-refractivity contribution in [3.63, 3.8) is 0 Å². The first-order valence-corrected chi connectivity index (χ1v) is 7.65. The lowest BCUT2D eigenvalue weighted by Gasteiger charge is -2.01. The Kier molecular flexibility index (Phi) is 4.29. The van der Waals surface area contributed by atoms with Crippen LogP contribution in [-0.4, -0.2) is 27.4 Å². The van der Waals surface area contributed by atoms with Gasteiger partial charge in [0.15, 0.2) is 5.82 Å². The first kappa shape index (κ1) is 15.1. The van der Waals surface area contributed by atoms with Gasteiger partial charge in [0.25, 0.3) is 5.91 Å². The highest BCUT2D eigenvalue weighted by atomic mass is 32.1. The fraction of sp³-hybridized carbons (Fsp3) is 0.125. The van der Waals surface area contributed by atoms with Gasteiger partial charge in [-0.3, -0.25) is 15.1 Å². The van der Waals surface area contributed by atoms with Crippen LogP contribution < -0.4 is 10.1 Å². The minimum atomic E-state index is -0.255. The van der Waals surface area contributed by atoms with Crippen LogP contribution in [0.2, 0.25) is 0 Å². The quantitative estimate of drug-likeness (QED) is 0.797. The van der Waals surface area contributed by atoms with Gasteiger partial charge in [0.1, 0.15) is 5.75 Å². The number of rotatable bonds is 4. The van der Waals surface area contributed by atoms with Gasteiger partial charge in [-0.15, -0.1) is 0 Å². The smallest absolute Gasteiger partial charge is 0.259 e. The summed E-state index contributed by atoms with van der Waals surface area (Å²) in [6.07, 6.45) is 1.54. The molecule has 1 amide bonds. The lowest BCUT2D eigenvalue weighted by Crippen LogP contribution is -2.12. The van der Waals surface area contributed by atoms with E-state index in [0.29, 0.717) is 16.5 Å². The number of nitrogens with one attached hydrogen (secondary N) is 1. The number of aryl methyl sites for hydroxylation is 1. The Labute approximate surface area is 137 Å². The lowest BCUT2D eigenvalue weighted by molar-refractivity contribution is 0.102. The van der Waals surface area contributed by atoms with Crippen LogP contribution in [0.4, 0.5) is 5.13 Å². The summed E-state index contributed by atoms with van der Waals surface area (Å²) < 4.78 is 9.38. The highest BCUT2D eigenvalue weighted by Crippen LogP contribution is 2.23. The van der Waals surface area contributed by atoms with E-state index in [1.165, 1.54) is 6.20 Å². The number of methoxy groups -OCH3 is 1. The predicted molar refractivity (Wildman–Crippen MR) is 88.8 cm³/mol. The maximum Gasteiger partial charge on any atom is 0.259 e. The van der Waals surface area contributed by atoms with Crippen molar-refractivity contribution in [3.8, 4) is 17.1 Å². The van der Waals surface area contributed by atoms with Crippen molar-refractivity contribution < 1.29 is 9.53 Å². The molecule has 0 fully saturated rings. The molecular formula is C16H14N4O2S. The summed E-state index contributed by atoms with van der Waals surface area (Å²) in [5, 5.41) is 3.18. The zero-order chi connectivity index (χ0) is 16.2. The fourth-order valence-corrected chi connectivity index (χ4v) is 2.49. The van der Waals surface area contributed by atoms with Gasteiger partial charge in [-0.25, -0.2) is 0 Å². The van der Waals surface area contributed by atoms with Crippen LogP contribution >= 0.6 is 11.5 Å². The van der Waals surface area contributed by atoms with E-state index in [-0.39, 0.29) is 5.91 Å². The fourth-order valence-electron chi connectivity index (χ4n) is 1.90. The van der Waals surface area contributed by atoms with Crippen molar-refractivity contribution in [2.24, 2.45) is 0 Å². The van der Waals surface area contributed by atoms with E-state index in [0.717, 1.165) is 28.5 Å². The maximum absolute atomic E-state index is 12.1. The number of hydrogen-bond acceptors (Lipinski definition) is 6. The number of benzene rings is 1. The number of carbonyl (C=O) groups excluding carboxylic acids is 1. The highest BCUT2D eigenvalue weighted by Gasteiger charge is 2.11. The zero-order valence-corrected chi connectivity index (χ0v) is 13.4. The summed E-state index contributed by atoms with van der Waals surface area (Å²) in [5.74, 6) is 1.08. The number of pyridine rings is 1. The molecule has 0 radical (unpaired) electrons. The molecule has 2 aromatic heterocycles. The molecule has 0 saturated heterocycles. The van der Waals surface area contributed by atoms with Crippen molar-refractivity contribution in [1.82, 2.24) is 14.3 Å². The Balaban J connectivity index is 1.73. The Morgan fingerprint density at radius 1 is 1.17 bits per heavy atom. The third-order valence-electron chi connectivity index (χ3n) is 3.17. The maximum atomic E-state index is 12.1. The number of amides is 1. The van der Waals surface area contributed by atoms with Gasteiger partial charge in [0.05, 0.1) is 12.7 Å². The van der Waals surface area contributed by atoms with Gasteiger partial charge in [0.2, 0.25) is 5.13 Å². The molecule has 1 aromatic carbocycles. The molecule has 116 valence electrons. The van der Waals surface area contributed by atoms with Gasteiger partial charge >= 0.3 is 0 Å². The van der Waals surface area contributed by atoms with Crippen molar-refractivity contribution in [3.05, 3.63) is 53.9 Å². The topological polar surface area (TPSA) is 77.0 Å². The molecule has 6 nitrogen and oxygen atoms in total. The van der Waals surface area contributed by atoms with Gasteiger partial charge in [-0.2, -0.15) is 9.36 Å². The van der Waals surface area contributed by atoms with E-state index in [4.69, 9.17) is 4.74 Å². The SMILES string of the molecule is COc1ccc(-c2nsc(NC(=O)c3ccc(C)nc3)n2)cc1. The highest BCUT2D eigenvalue weighted by molar-refractivity contribution is 7.10. The normalized spacial score (nSPS) is 10.3. The molecule has 0 atom stereocenters. The van der Waals surface area contributed by atoms with E-state index in [1.807, 2.05) is 31.2 Å². The molecule has 7 heteroatoms. The molecule has 0 unspecified atom stereocenters. The summed E-state index contributed by atoms with van der Waals surface area (Å²) in [4.78, 5) is 20.6. The van der Waals surface area contributed by atoms with E-state index in [2.05, 4.69) is 19.7 Å². The summed E-state index contributed by atoms with van der Waals surface area (Å²) in [6.45, 7) is 1.87. The Morgan fingerprint density at radius 2 is 1.96 bits per heavy atom. The van der Waals surface area contributed by atoms with E-state index in [1.54, 1.807) is 19.2 Å². The minimum absolute atomic E-state index is 0.255. The molecule has 2 heterocycles. The number of nitrogens with zero attached hydrogens (tertiary/aromatic N) is 3. The molecular weight excluding hydrogens is 312 g/mol. The molecule has 23 heavy (non-hydrogen) atoms. The largest absolute Gasteiger partial charge is 0.497 e. The van der Waals surface area contributed by atoms with Crippen LogP contribution in [0, 0.1) is 6.92 Å². The lowest BCUT2D eigenvalue weighted by atomic mass is 10.2. The first-order valence-electron chi connectivity index (χ1n) is 6.88. The molecule has 0 aliphatic carbocycles. The number of aromatic nitrogens is 3. The number of hydrogen-bond donors (Lipinski definition) is 1. The summed E-state index contributed by atoms with van der Waals surface area (Å²) in [6, 6.07) is 10.9. The standard InChI is InChI=1S/C16H14N4O2S/c1-10-3-4-12(9-17-10)15(21)19-16-18-14(20-23-16)11-5-7-13(22-2)8-6-11/h3-9H,1-2H3,(H,18,19,20,21). The third kappa shape index (κ3) is 3.51. The van der Waals surface area contributed by atoms with Crippen molar-refractivity contribution in [2.45, 2.75) is 6.92 Å². The molecule has 1 N–H and O–H groups in total. The minimum Gasteiger partial charge on any atom is -0.497 e. The van der Waals surface area contributed by atoms with Crippen LogP contribution in [-0.2, 0) is 0 Å². The third-order valence-corrected chi connectivity index (χ3v) is 3.80. The van der Waals surface area contributed by atoms with Crippen molar-refractivity contribution >= 4 is 22.6 Å². The molecule has 0 aliphatic heterocycles. The van der Waals surface area contributed by atoms with Crippen LogP contribution in [0.5, 0.6) is 5.75 Å². The molecule has 3 aromatic rings. The second-order valence-corrected chi connectivity index (χ2v) is 5.55. The monoisotopic (exact) mass is 326 g/mol. The Morgan fingerprint density at radius 3 is 2.61 bits per heavy atom. The molecule has 0 spiro atoms. The molecule has 0 saturated carbocycles. The average Bonchev–Trinajstić information content (AvgIpc) is 3.04. The summed E-state index contributed by atoms with van der Waals surface area (Å²) in [5.41, 5.74) is 2.20. The van der Waals surface area contributed by atoms with Gasteiger partial charge < -0.3 is 4.74 Å². The Hall–Kier alpha value is -2.80. The number of carbonyl (C=O) groups is 1. The van der Waals surface area contributed by atoms with Gasteiger partial charge in [0, 0.05) is 29.0 Å².